The number of rotatable bonds is 4. The molecule has 0 aliphatic heterocycles. The lowest BCUT2D eigenvalue weighted by Crippen LogP contribution is -2.17. The third-order valence-corrected chi connectivity index (χ3v) is 4.18. The molecular formula is C19H19ClN4O. The van der Waals surface area contributed by atoms with Crippen LogP contribution in [0.5, 0.6) is 0 Å². The predicted octanol–water partition coefficient (Wildman–Crippen LogP) is 4.15. The van der Waals surface area contributed by atoms with Gasteiger partial charge in [-0.2, -0.15) is 5.10 Å². The van der Waals surface area contributed by atoms with E-state index in [0.29, 0.717) is 16.3 Å². The lowest BCUT2D eigenvalue weighted by atomic mass is 10.2. The van der Waals surface area contributed by atoms with Gasteiger partial charge < -0.3 is 10.2 Å². The maximum atomic E-state index is 12.7. The second kappa shape index (κ2) is 6.99. The van der Waals surface area contributed by atoms with Crippen LogP contribution in [0.1, 0.15) is 16.1 Å². The number of halogens is 1. The molecule has 0 aliphatic rings. The number of amides is 1. The molecule has 0 saturated carbocycles. The van der Waals surface area contributed by atoms with Gasteiger partial charge in [-0.25, -0.2) is 4.68 Å². The van der Waals surface area contributed by atoms with Gasteiger partial charge >= 0.3 is 0 Å². The molecule has 1 aromatic heterocycles. The maximum absolute atomic E-state index is 12.7. The molecule has 0 atom stereocenters. The topological polar surface area (TPSA) is 50.2 Å². The van der Waals surface area contributed by atoms with Crippen molar-refractivity contribution in [3.8, 4) is 5.69 Å². The first-order valence-corrected chi connectivity index (χ1v) is 8.23. The molecule has 25 heavy (non-hydrogen) atoms. The molecule has 3 rings (SSSR count). The van der Waals surface area contributed by atoms with Crippen LogP contribution in [-0.2, 0) is 0 Å². The molecule has 0 radical (unpaired) electrons. The van der Waals surface area contributed by atoms with Crippen LogP contribution < -0.4 is 10.2 Å². The number of para-hydroxylation sites is 1. The number of hydrogen-bond acceptors (Lipinski definition) is 3. The number of carbonyl (C=O) groups is 1. The van der Waals surface area contributed by atoms with Gasteiger partial charge in [0.05, 0.1) is 34.5 Å². The largest absolute Gasteiger partial charge is 0.376 e. The normalized spacial score (nSPS) is 10.6. The minimum atomic E-state index is -0.218. The fourth-order valence-corrected chi connectivity index (χ4v) is 2.82. The summed E-state index contributed by atoms with van der Waals surface area (Å²) < 4.78 is 1.75. The zero-order valence-corrected chi connectivity index (χ0v) is 15.1. The van der Waals surface area contributed by atoms with Crippen molar-refractivity contribution in [2.24, 2.45) is 0 Å². The molecule has 6 heteroatoms. The molecule has 0 bridgehead atoms. The van der Waals surface area contributed by atoms with Crippen LogP contribution in [0.25, 0.3) is 5.69 Å². The fourth-order valence-electron chi connectivity index (χ4n) is 2.65. The summed E-state index contributed by atoms with van der Waals surface area (Å²) in [6.07, 6.45) is 1.58. The van der Waals surface area contributed by atoms with Crippen molar-refractivity contribution in [2.75, 3.05) is 24.3 Å². The zero-order chi connectivity index (χ0) is 18.0. The van der Waals surface area contributed by atoms with E-state index in [1.165, 1.54) is 0 Å². The molecule has 2 aromatic carbocycles. The Morgan fingerprint density at radius 1 is 1.16 bits per heavy atom. The summed E-state index contributed by atoms with van der Waals surface area (Å²) in [6, 6.07) is 15.1. The van der Waals surface area contributed by atoms with Crippen molar-refractivity contribution in [3.63, 3.8) is 0 Å². The smallest absolute Gasteiger partial charge is 0.259 e. The summed E-state index contributed by atoms with van der Waals surface area (Å²) >= 11 is 6.08. The lowest BCUT2D eigenvalue weighted by Gasteiger charge is -2.18. The van der Waals surface area contributed by atoms with Crippen LogP contribution in [0, 0.1) is 6.92 Å². The Morgan fingerprint density at radius 2 is 1.88 bits per heavy atom. The molecule has 1 N–H and O–H groups in total. The van der Waals surface area contributed by atoms with Gasteiger partial charge in [0.2, 0.25) is 0 Å². The van der Waals surface area contributed by atoms with Crippen LogP contribution in [-0.4, -0.2) is 29.8 Å². The van der Waals surface area contributed by atoms with Gasteiger partial charge in [-0.1, -0.05) is 29.8 Å². The van der Waals surface area contributed by atoms with E-state index >= 15 is 0 Å². The van der Waals surface area contributed by atoms with Gasteiger partial charge in [0, 0.05) is 19.1 Å². The highest BCUT2D eigenvalue weighted by molar-refractivity contribution is 6.31. The van der Waals surface area contributed by atoms with Crippen LogP contribution in [0.3, 0.4) is 0 Å². The lowest BCUT2D eigenvalue weighted by molar-refractivity contribution is 0.102. The third kappa shape index (κ3) is 3.51. The summed E-state index contributed by atoms with van der Waals surface area (Å²) in [7, 11) is 3.83. The highest BCUT2D eigenvalue weighted by Gasteiger charge is 2.17. The number of aromatic nitrogens is 2. The van der Waals surface area contributed by atoms with Crippen LogP contribution in [0.2, 0.25) is 5.02 Å². The number of benzene rings is 2. The molecule has 0 aliphatic carbocycles. The summed E-state index contributed by atoms with van der Waals surface area (Å²) in [5.74, 6) is -0.218. The Kier molecular flexibility index (Phi) is 4.76. The number of hydrogen-bond donors (Lipinski definition) is 1. The van der Waals surface area contributed by atoms with Crippen molar-refractivity contribution < 1.29 is 4.79 Å². The quantitative estimate of drug-likeness (QED) is 0.765. The first kappa shape index (κ1) is 17.0. The summed E-state index contributed by atoms with van der Waals surface area (Å²) in [5.41, 5.74) is 3.75. The van der Waals surface area contributed by atoms with Gasteiger partial charge in [0.25, 0.3) is 5.91 Å². The first-order chi connectivity index (χ1) is 12.0. The van der Waals surface area contributed by atoms with E-state index in [0.717, 1.165) is 17.1 Å². The molecule has 0 unspecified atom stereocenters. The van der Waals surface area contributed by atoms with Crippen molar-refractivity contribution in [3.05, 3.63) is 71.0 Å². The Bertz CT molecular complexity index is 903. The van der Waals surface area contributed by atoms with Gasteiger partial charge in [-0.15, -0.1) is 0 Å². The van der Waals surface area contributed by atoms with E-state index < -0.39 is 0 Å². The number of anilines is 2. The average molecular weight is 355 g/mol. The first-order valence-electron chi connectivity index (χ1n) is 7.85. The Hall–Kier alpha value is -2.79. The number of carbonyl (C=O) groups excluding carboxylic acids is 1. The highest BCUT2D eigenvalue weighted by Crippen LogP contribution is 2.28. The fraction of sp³-hybridized carbons (Fsp3) is 0.158. The Morgan fingerprint density at radius 3 is 2.56 bits per heavy atom. The van der Waals surface area contributed by atoms with Crippen molar-refractivity contribution in [1.82, 2.24) is 9.78 Å². The van der Waals surface area contributed by atoms with Crippen molar-refractivity contribution in [2.45, 2.75) is 6.92 Å². The third-order valence-electron chi connectivity index (χ3n) is 3.94. The minimum Gasteiger partial charge on any atom is -0.376 e. The molecule has 1 heterocycles. The van der Waals surface area contributed by atoms with Crippen LogP contribution >= 0.6 is 11.6 Å². The molecule has 0 fully saturated rings. The zero-order valence-electron chi connectivity index (χ0n) is 14.3. The minimum absolute atomic E-state index is 0.218. The summed E-state index contributed by atoms with van der Waals surface area (Å²) in [4.78, 5) is 14.7. The average Bonchev–Trinajstić information content (AvgIpc) is 2.97. The van der Waals surface area contributed by atoms with E-state index in [4.69, 9.17) is 11.6 Å². The summed E-state index contributed by atoms with van der Waals surface area (Å²) in [5, 5.41) is 7.85. The maximum Gasteiger partial charge on any atom is 0.259 e. The van der Waals surface area contributed by atoms with Crippen LogP contribution in [0.4, 0.5) is 11.4 Å². The predicted molar refractivity (Wildman–Crippen MR) is 102 cm³/mol. The standard InChI is InChI=1S/C19H19ClN4O/c1-13-16(12-21-24(13)15-7-5-4-6-8-15)19(25)22-17-11-14(20)9-10-18(17)23(2)3/h4-12H,1-3H3,(H,22,25). The van der Waals surface area contributed by atoms with E-state index in [-0.39, 0.29) is 5.91 Å². The SMILES string of the molecule is Cc1c(C(=O)Nc2cc(Cl)ccc2N(C)C)cnn1-c1ccccc1. The second-order valence-corrected chi connectivity index (χ2v) is 6.34. The second-order valence-electron chi connectivity index (χ2n) is 5.90. The van der Waals surface area contributed by atoms with Gasteiger partial charge in [-0.3, -0.25) is 4.79 Å². The molecule has 1 amide bonds. The van der Waals surface area contributed by atoms with E-state index in [1.54, 1.807) is 23.0 Å². The molecule has 3 aromatic rings. The number of nitrogens with one attached hydrogen (secondary N) is 1. The van der Waals surface area contributed by atoms with Gasteiger partial charge in [-0.05, 0) is 37.3 Å². The molecule has 0 spiro atoms. The molecular weight excluding hydrogens is 336 g/mol. The summed E-state index contributed by atoms with van der Waals surface area (Å²) in [6.45, 7) is 1.87. The number of nitrogens with zero attached hydrogens (tertiary/aromatic N) is 3. The Labute approximate surface area is 151 Å². The highest BCUT2D eigenvalue weighted by atomic mass is 35.5. The monoisotopic (exact) mass is 354 g/mol. The molecule has 0 saturated heterocycles. The van der Waals surface area contributed by atoms with E-state index in [9.17, 15) is 4.79 Å². The van der Waals surface area contributed by atoms with Crippen molar-refractivity contribution >= 4 is 28.9 Å². The van der Waals surface area contributed by atoms with E-state index in [1.807, 2.05) is 62.3 Å². The van der Waals surface area contributed by atoms with E-state index in [2.05, 4.69) is 10.4 Å². The van der Waals surface area contributed by atoms with Crippen LogP contribution in [0.15, 0.2) is 54.7 Å². The van der Waals surface area contributed by atoms with Gasteiger partial charge in [0.1, 0.15) is 0 Å². The van der Waals surface area contributed by atoms with Gasteiger partial charge in [0.15, 0.2) is 0 Å². The Balaban J connectivity index is 1.91. The van der Waals surface area contributed by atoms with Crippen molar-refractivity contribution in [1.29, 1.82) is 0 Å². The molecule has 5 nitrogen and oxygen atoms in total. The molecule has 128 valence electrons.